The van der Waals surface area contributed by atoms with Crippen LogP contribution >= 0.6 is 27.5 Å². The summed E-state index contributed by atoms with van der Waals surface area (Å²) in [4.78, 5) is 23.1. The fourth-order valence-corrected chi connectivity index (χ4v) is 2.68. The molecule has 2 amide bonds. The van der Waals surface area contributed by atoms with E-state index in [1.165, 1.54) is 19.2 Å². The Balaban J connectivity index is 2.09. The summed E-state index contributed by atoms with van der Waals surface area (Å²) in [6.07, 6.45) is 1.28. The maximum Gasteiger partial charge on any atom is 0.271 e. The lowest BCUT2D eigenvalue weighted by molar-refractivity contribution is -0.114. The summed E-state index contributed by atoms with van der Waals surface area (Å²) >= 11 is 9.11. The van der Waals surface area contributed by atoms with Crippen LogP contribution in [0.25, 0.3) is 0 Å². The van der Waals surface area contributed by atoms with E-state index < -0.39 is 5.91 Å². The summed E-state index contributed by atoms with van der Waals surface area (Å²) in [5.74, 6) is -0.822. The molecule has 0 heterocycles. The molecule has 8 heteroatoms. The number of anilines is 1. The molecule has 0 aromatic heterocycles. The van der Waals surface area contributed by atoms with Gasteiger partial charge in [-0.25, -0.2) is 5.43 Å². The van der Waals surface area contributed by atoms with Gasteiger partial charge in [-0.15, -0.1) is 0 Å². The van der Waals surface area contributed by atoms with E-state index in [0.717, 1.165) is 0 Å². The Kier molecular flexibility index (Phi) is 5.94. The number of carbonyl (C=O) groups excluding carboxylic acids is 2. The van der Waals surface area contributed by atoms with Crippen molar-refractivity contribution in [2.24, 2.45) is 5.10 Å². The molecule has 2 aromatic rings. The number of hydrazone groups is 1. The second-order valence-corrected chi connectivity index (χ2v) is 6.11. The number of nitrogens with zero attached hydrogens (tertiary/aromatic N) is 1. The molecule has 0 fully saturated rings. The van der Waals surface area contributed by atoms with Gasteiger partial charge in [0.1, 0.15) is 5.75 Å². The second kappa shape index (κ2) is 7.94. The summed E-state index contributed by atoms with van der Waals surface area (Å²) in [7, 11) is 0. The highest BCUT2D eigenvalue weighted by atomic mass is 79.9. The Morgan fingerprint density at radius 3 is 2.75 bits per heavy atom. The Morgan fingerprint density at radius 2 is 2.04 bits per heavy atom. The smallest absolute Gasteiger partial charge is 0.271 e. The van der Waals surface area contributed by atoms with Gasteiger partial charge in [-0.1, -0.05) is 33.6 Å². The fraction of sp³-hybridized carbons (Fsp3) is 0.0625. The van der Waals surface area contributed by atoms with Crippen LogP contribution in [0.1, 0.15) is 22.8 Å². The predicted molar refractivity (Wildman–Crippen MR) is 96.6 cm³/mol. The third-order valence-corrected chi connectivity index (χ3v) is 3.62. The fourth-order valence-electron chi connectivity index (χ4n) is 1.85. The lowest BCUT2D eigenvalue weighted by atomic mass is 10.2. The first-order chi connectivity index (χ1) is 11.4. The Bertz CT molecular complexity index is 824. The van der Waals surface area contributed by atoms with Crippen molar-refractivity contribution in [1.29, 1.82) is 0 Å². The van der Waals surface area contributed by atoms with Crippen molar-refractivity contribution in [2.75, 3.05) is 5.32 Å². The van der Waals surface area contributed by atoms with Crippen molar-refractivity contribution < 1.29 is 14.7 Å². The molecule has 0 aliphatic heterocycles. The van der Waals surface area contributed by atoms with Crippen LogP contribution in [-0.2, 0) is 4.79 Å². The molecule has 0 aliphatic rings. The molecule has 24 heavy (non-hydrogen) atoms. The van der Waals surface area contributed by atoms with Gasteiger partial charge >= 0.3 is 0 Å². The van der Waals surface area contributed by atoms with Crippen molar-refractivity contribution in [3.05, 3.63) is 57.0 Å². The van der Waals surface area contributed by atoms with Crippen molar-refractivity contribution in [3.63, 3.8) is 0 Å². The Labute approximate surface area is 151 Å². The predicted octanol–water partition coefficient (Wildman–Crippen LogP) is 3.53. The summed E-state index contributed by atoms with van der Waals surface area (Å²) in [5.41, 5.74) is 3.53. The standard InChI is InChI=1S/C16H13BrClN3O3/c1-9(22)20-13-4-2-3-10(6-13)16(24)21-19-8-11-5-12(17)7-14(18)15(11)23/h2-8,23H,1H3,(H,20,22)(H,21,24)/b19-8-. The molecule has 0 unspecified atom stereocenters. The zero-order valence-electron chi connectivity index (χ0n) is 12.5. The topological polar surface area (TPSA) is 90.8 Å². The monoisotopic (exact) mass is 409 g/mol. The number of hydrogen-bond acceptors (Lipinski definition) is 4. The molecule has 0 spiro atoms. The molecule has 0 saturated heterocycles. The number of halogens is 2. The minimum atomic E-state index is -0.459. The number of phenols is 1. The number of nitrogens with one attached hydrogen (secondary N) is 2. The molecule has 0 radical (unpaired) electrons. The Morgan fingerprint density at radius 1 is 1.29 bits per heavy atom. The van der Waals surface area contributed by atoms with Gasteiger partial charge in [0.25, 0.3) is 5.91 Å². The molecule has 0 aliphatic carbocycles. The van der Waals surface area contributed by atoms with Crippen LogP contribution in [0.4, 0.5) is 5.69 Å². The maximum absolute atomic E-state index is 12.1. The van der Waals surface area contributed by atoms with E-state index in [1.54, 1.807) is 30.3 Å². The number of phenolic OH excluding ortho intramolecular Hbond substituents is 1. The first kappa shape index (κ1) is 18.0. The lowest BCUT2D eigenvalue weighted by Gasteiger charge is -2.05. The van der Waals surface area contributed by atoms with E-state index in [-0.39, 0.29) is 16.7 Å². The van der Waals surface area contributed by atoms with Crippen LogP contribution in [0.3, 0.4) is 0 Å². The van der Waals surface area contributed by atoms with Crippen LogP contribution in [0, 0.1) is 0 Å². The van der Waals surface area contributed by atoms with E-state index in [9.17, 15) is 14.7 Å². The molecular formula is C16H13BrClN3O3. The SMILES string of the molecule is CC(=O)Nc1cccc(C(=O)N/N=C\c2cc(Br)cc(Cl)c2O)c1. The summed E-state index contributed by atoms with van der Waals surface area (Å²) in [6, 6.07) is 9.57. The number of hydrogen-bond donors (Lipinski definition) is 3. The first-order valence-corrected chi connectivity index (χ1v) is 7.93. The highest BCUT2D eigenvalue weighted by molar-refractivity contribution is 9.10. The molecule has 3 N–H and O–H groups in total. The second-order valence-electron chi connectivity index (χ2n) is 4.79. The van der Waals surface area contributed by atoms with Gasteiger partial charge < -0.3 is 10.4 Å². The molecule has 124 valence electrons. The molecule has 0 bridgehead atoms. The number of rotatable bonds is 4. The summed E-state index contributed by atoms with van der Waals surface area (Å²) in [5, 5.41) is 16.4. The van der Waals surface area contributed by atoms with Crippen molar-refractivity contribution in [1.82, 2.24) is 5.43 Å². The van der Waals surface area contributed by atoms with E-state index >= 15 is 0 Å². The summed E-state index contributed by atoms with van der Waals surface area (Å²) < 4.78 is 0.668. The van der Waals surface area contributed by atoms with Crippen molar-refractivity contribution in [2.45, 2.75) is 6.92 Å². The third kappa shape index (κ3) is 4.81. The summed E-state index contributed by atoms with van der Waals surface area (Å²) in [6.45, 7) is 1.38. The van der Waals surface area contributed by atoms with Gasteiger partial charge in [-0.3, -0.25) is 9.59 Å². The Hall–Kier alpha value is -2.38. The zero-order valence-corrected chi connectivity index (χ0v) is 14.9. The van der Waals surface area contributed by atoms with Gasteiger partial charge in [0.15, 0.2) is 0 Å². The number of aromatic hydroxyl groups is 1. The minimum absolute atomic E-state index is 0.134. The first-order valence-electron chi connectivity index (χ1n) is 6.76. The third-order valence-electron chi connectivity index (χ3n) is 2.87. The van der Waals surface area contributed by atoms with Gasteiger partial charge in [0, 0.05) is 28.2 Å². The average molecular weight is 411 g/mol. The normalized spacial score (nSPS) is 10.6. The van der Waals surface area contributed by atoms with Crippen LogP contribution in [0.2, 0.25) is 5.02 Å². The minimum Gasteiger partial charge on any atom is -0.506 e. The lowest BCUT2D eigenvalue weighted by Crippen LogP contribution is -2.18. The van der Waals surface area contributed by atoms with Crippen LogP contribution in [0.15, 0.2) is 46.0 Å². The number of amides is 2. The number of benzene rings is 2. The van der Waals surface area contributed by atoms with E-state index in [1.807, 2.05) is 0 Å². The van der Waals surface area contributed by atoms with Gasteiger partial charge in [-0.2, -0.15) is 5.10 Å². The maximum atomic E-state index is 12.1. The zero-order chi connectivity index (χ0) is 17.7. The largest absolute Gasteiger partial charge is 0.506 e. The van der Waals surface area contributed by atoms with E-state index in [4.69, 9.17) is 11.6 Å². The molecular weight excluding hydrogens is 398 g/mol. The molecule has 0 atom stereocenters. The van der Waals surface area contributed by atoms with Gasteiger partial charge in [0.2, 0.25) is 5.91 Å². The van der Waals surface area contributed by atoms with E-state index in [0.29, 0.717) is 21.3 Å². The van der Waals surface area contributed by atoms with Crippen molar-refractivity contribution >= 4 is 51.2 Å². The highest BCUT2D eigenvalue weighted by Gasteiger charge is 2.08. The highest BCUT2D eigenvalue weighted by Crippen LogP contribution is 2.30. The van der Waals surface area contributed by atoms with Crippen LogP contribution in [-0.4, -0.2) is 23.1 Å². The van der Waals surface area contributed by atoms with Crippen LogP contribution < -0.4 is 10.7 Å². The van der Waals surface area contributed by atoms with Gasteiger partial charge in [-0.05, 0) is 30.3 Å². The van der Waals surface area contributed by atoms with Crippen LogP contribution in [0.5, 0.6) is 5.75 Å². The molecule has 2 rings (SSSR count). The molecule has 6 nitrogen and oxygen atoms in total. The van der Waals surface area contributed by atoms with E-state index in [2.05, 4.69) is 31.8 Å². The average Bonchev–Trinajstić information content (AvgIpc) is 2.51. The van der Waals surface area contributed by atoms with Gasteiger partial charge in [0.05, 0.1) is 11.2 Å². The number of carbonyl (C=O) groups is 2. The quantitative estimate of drug-likeness (QED) is 0.532. The van der Waals surface area contributed by atoms with Crippen molar-refractivity contribution in [3.8, 4) is 5.75 Å². The molecule has 0 saturated carbocycles. The molecule has 2 aromatic carbocycles.